The Labute approximate surface area is 158 Å². The fraction of sp³-hybridized carbons (Fsp3) is 0.350. The molecule has 0 bridgehead atoms. The van der Waals surface area contributed by atoms with Gasteiger partial charge in [-0.2, -0.15) is 0 Å². The average Bonchev–Trinajstić information content (AvgIpc) is 2.70. The van der Waals surface area contributed by atoms with Crippen molar-refractivity contribution in [2.45, 2.75) is 18.6 Å². The second-order valence-corrected chi connectivity index (χ2v) is 5.71. The molecule has 0 spiro atoms. The van der Waals surface area contributed by atoms with Crippen LogP contribution in [-0.4, -0.2) is 49.3 Å². The van der Waals surface area contributed by atoms with Gasteiger partial charge in [0.15, 0.2) is 6.10 Å². The minimum Gasteiger partial charge on any atom is -0.491 e. The molecule has 2 aromatic carbocycles. The molecule has 0 aliphatic rings. The number of rotatable bonds is 10. The highest BCUT2D eigenvalue weighted by atomic mass is 16.6. The maximum atomic E-state index is 12.4. The Morgan fingerprint density at radius 2 is 1.74 bits per heavy atom. The van der Waals surface area contributed by atoms with Crippen LogP contribution in [0.2, 0.25) is 0 Å². The lowest BCUT2D eigenvalue weighted by atomic mass is 10.0. The summed E-state index contributed by atoms with van der Waals surface area (Å²) in [6.45, 7) is -0.158. The Morgan fingerprint density at radius 1 is 1.04 bits per heavy atom. The molecule has 0 aromatic heterocycles. The number of aliphatic hydroxyl groups excluding tert-OH is 2. The first kappa shape index (κ1) is 20.7. The number of nitrogens with one attached hydrogen (secondary N) is 1. The smallest absolute Gasteiger partial charge is 0.412 e. The van der Waals surface area contributed by atoms with Crippen molar-refractivity contribution in [1.82, 2.24) is 0 Å². The van der Waals surface area contributed by atoms with Crippen molar-refractivity contribution < 1.29 is 29.2 Å². The number of hydrogen-bond acceptors (Lipinski definition) is 6. The maximum Gasteiger partial charge on any atom is 0.412 e. The van der Waals surface area contributed by atoms with Crippen LogP contribution in [0.1, 0.15) is 18.1 Å². The van der Waals surface area contributed by atoms with Gasteiger partial charge in [0.05, 0.1) is 6.61 Å². The van der Waals surface area contributed by atoms with E-state index >= 15 is 0 Å². The van der Waals surface area contributed by atoms with E-state index in [1.54, 1.807) is 48.5 Å². The van der Waals surface area contributed by atoms with E-state index in [4.69, 9.17) is 19.3 Å². The van der Waals surface area contributed by atoms with Crippen LogP contribution in [0.5, 0.6) is 5.75 Å². The molecule has 0 aliphatic carbocycles. The van der Waals surface area contributed by atoms with Crippen molar-refractivity contribution in [2.75, 3.05) is 32.2 Å². The Morgan fingerprint density at radius 3 is 2.41 bits per heavy atom. The second-order valence-electron chi connectivity index (χ2n) is 5.71. The van der Waals surface area contributed by atoms with Crippen molar-refractivity contribution in [3.8, 4) is 5.75 Å². The maximum absolute atomic E-state index is 12.4. The molecule has 0 heterocycles. The summed E-state index contributed by atoms with van der Waals surface area (Å²) >= 11 is 0. The van der Waals surface area contributed by atoms with Gasteiger partial charge in [0.2, 0.25) is 0 Å². The van der Waals surface area contributed by atoms with E-state index < -0.39 is 18.3 Å². The van der Waals surface area contributed by atoms with Crippen molar-refractivity contribution >= 4 is 11.8 Å². The second kappa shape index (κ2) is 11.2. The van der Waals surface area contributed by atoms with E-state index in [1.165, 1.54) is 7.11 Å². The highest BCUT2D eigenvalue weighted by Crippen LogP contribution is 2.33. The van der Waals surface area contributed by atoms with E-state index in [0.717, 1.165) is 0 Å². The largest absolute Gasteiger partial charge is 0.491 e. The molecule has 0 unspecified atom stereocenters. The molecule has 27 heavy (non-hydrogen) atoms. The third kappa shape index (κ3) is 6.25. The first-order valence-electron chi connectivity index (χ1n) is 8.68. The van der Waals surface area contributed by atoms with Gasteiger partial charge in [-0.1, -0.05) is 36.4 Å². The molecule has 7 nitrogen and oxygen atoms in total. The number of hydrogen-bond donors (Lipinski definition) is 3. The molecule has 7 heteroatoms. The Hall–Kier alpha value is -2.61. The minimum atomic E-state index is -0.805. The lowest BCUT2D eigenvalue weighted by Crippen LogP contribution is -2.29. The zero-order chi connectivity index (χ0) is 19.5. The molecule has 2 atom stereocenters. The predicted molar refractivity (Wildman–Crippen MR) is 101 cm³/mol. The molecule has 2 aromatic rings. The quantitative estimate of drug-likeness (QED) is 0.591. The molecule has 146 valence electrons. The van der Waals surface area contributed by atoms with Gasteiger partial charge in [-0.05, 0) is 18.2 Å². The molecule has 0 aliphatic heterocycles. The Bertz CT molecular complexity index is 694. The predicted octanol–water partition coefficient (Wildman–Crippen LogP) is 2.74. The summed E-state index contributed by atoms with van der Waals surface area (Å²) in [6, 6.07) is 16.0. The number of aliphatic hydroxyl groups is 2. The number of methoxy groups -OCH3 is 1. The molecule has 3 N–H and O–H groups in total. The fourth-order valence-corrected chi connectivity index (χ4v) is 2.65. The molecular weight excluding hydrogens is 350 g/mol. The summed E-state index contributed by atoms with van der Waals surface area (Å²) in [5.41, 5.74) is 1.19. The van der Waals surface area contributed by atoms with Gasteiger partial charge >= 0.3 is 6.09 Å². The van der Waals surface area contributed by atoms with E-state index in [1.807, 2.05) is 6.07 Å². The highest BCUT2D eigenvalue weighted by molar-refractivity contribution is 5.84. The zero-order valence-electron chi connectivity index (χ0n) is 15.2. The average molecular weight is 375 g/mol. The van der Waals surface area contributed by atoms with Crippen molar-refractivity contribution in [2.24, 2.45) is 0 Å². The first-order chi connectivity index (χ1) is 13.2. The normalized spacial score (nSPS) is 12.9. The Balaban J connectivity index is 2.25. The minimum absolute atomic E-state index is 0.109. The van der Waals surface area contributed by atoms with Crippen molar-refractivity contribution in [3.05, 3.63) is 60.2 Å². The van der Waals surface area contributed by atoms with Crippen LogP contribution in [0, 0.1) is 0 Å². The van der Waals surface area contributed by atoms with Crippen LogP contribution in [0.4, 0.5) is 10.5 Å². The highest BCUT2D eigenvalue weighted by Gasteiger charge is 2.29. The van der Waals surface area contributed by atoms with E-state index in [0.29, 0.717) is 17.0 Å². The molecule has 1 amide bonds. The fourth-order valence-electron chi connectivity index (χ4n) is 2.65. The van der Waals surface area contributed by atoms with Crippen LogP contribution < -0.4 is 10.1 Å². The number of carbonyl (C=O) groups is 1. The molecule has 0 saturated carbocycles. The number of para-hydroxylation sites is 2. The van der Waals surface area contributed by atoms with Gasteiger partial charge in [-0.15, -0.1) is 0 Å². The van der Waals surface area contributed by atoms with Crippen LogP contribution >= 0.6 is 0 Å². The van der Waals surface area contributed by atoms with E-state index in [-0.39, 0.29) is 26.2 Å². The Kier molecular flexibility index (Phi) is 8.57. The summed E-state index contributed by atoms with van der Waals surface area (Å²) in [5.74, 6) is 0.476. The molecular formula is C20H25NO6. The van der Waals surface area contributed by atoms with Crippen LogP contribution in [-0.2, 0) is 9.47 Å². The summed E-state index contributed by atoms with van der Waals surface area (Å²) in [7, 11) is 1.49. The number of ether oxygens (including phenoxy) is 3. The molecule has 0 radical (unpaired) electrons. The van der Waals surface area contributed by atoms with Crippen molar-refractivity contribution in [1.29, 1.82) is 0 Å². The summed E-state index contributed by atoms with van der Waals surface area (Å²) in [5, 5.41) is 21.0. The van der Waals surface area contributed by atoms with Crippen LogP contribution in [0.15, 0.2) is 54.6 Å². The topological polar surface area (TPSA) is 97.2 Å². The SMILES string of the molecule is CO[C@H](CCO)[C@H](OC(=O)Nc1ccccc1)c1ccccc1OCCO. The molecule has 0 saturated heterocycles. The van der Waals surface area contributed by atoms with Crippen LogP contribution in [0.25, 0.3) is 0 Å². The number of carbonyl (C=O) groups excluding carboxylic acids is 1. The van der Waals surface area contributed by atoms with Gasteiger partial charge in [0.1, 0.15) is 18.5 Å². The van der Waals surface area contributed by atoms with Gasteiger partial charge in [-0.25, -0.2) is 4.79 Å². The lowest BCUT2D eigenvalue weighted by molar-refractivity contribution is -0.0316. The third-order valence-corrected chi connectivity index (χ3v) is 3.88. The monoisotopic (exact) mass is 375 g/mol. The number of anilines is 1. The van der Waals surface area contributed by atoms with Gasteiger partial charge in [0, 0.05) is 31.4 Å². The van der Waals surface area contributed by atoms with Gasteiger partial charge in [0.25, 0.3) is 0 Å². The van der Waals surface area contributed by atoms with Gasteiger partial charge in [-0.3, -0.25) is 5.32 Å². The van der Waals surface area contributed by atoms with Crippen molar-refractivity contribution in [3.63, 3.8) is 0 Å². The number of benzene rings is 2. The standard InChI is InChI=1S/C20H25NO6/c1-25-18(11-12-22)19(16-9-5-6-10-17(16)26-14-13-23)27-20(24)21-15-7-3-2-4-8-15/h2-10,18-19,22-23H,11-14H2,1H3,(H,21,24)/t18-,19-/m1/s1. The van der Waals surface area contributed by atoms with E-state index in [2.05, 4.69) is 5.32 Å². The first-order valence-corrected chi connectivity index (χ1v) is 8.68. The summed E-state index contributed by atoms with van der Waals surface area (Å²) in [6.07, 6.45) is -1.76. The molecule has 0 fully saturated rings. The van der Waals surface area contributed by atoms with Crippen LogP contribution in [0.3, 0.4) is 0 Å². The lowest BCUT2D eigenvalue weighted by Gasteiger charge is -2.27. The van der Waals surface area contributed by atoms with Gasteiger partial charge < -0.3 is 24.4 Å². The number of amides is 1. The summed E-state index contributed by atoms with van der Waals surface area (Å²) < 4.78 is 16.6. The zero-order valence-corrected chi connectivity index (χ0v) is 15.2. The van der Waals surface area contributed by atoms with E-state index in [9.17, 15) is 9.90 Å². The third-order valence-electron chi connectivity index (χ3n) is 3.88. The molecule has 2 rings (SSSR count). The summed E-state index contributed by atoms with van der Waals surface area (Å²) in [4.78, 5) is 12.4.